The molecule has 4 nitrogen and oxygen atoms in total. The topological polar surface area (TPSA) is 66.8 Å². The van der Waals surface area contributed by atoms with E-state index in [0.717, 1.165) is 5.56 Å². The third-order valence-electron chi connectivity index (χ3n) is 1.91. The van der Waals surface area contributed by atoms with Crippen LogP contribution in [0.5, 0.6) is 5.75 Å². The maximum atomic E-state index is 10.9. The monoisotopic (exact) mass is 210 g/mol. The number of benzene rings is 1. The number of carbonyl (C=O) groups is 1. The second-order valence-corrected chi connectivity index (χ2v) is 3.26. The molecule has 2 N–H and O–H groups in total. The standard InChI is InChI=1S/C11H14O4/c1-8(12)11(14)15-7-6-9-2-4-10(13)5-3-9/h2-5,8,12-13H,6-7H2,1H3/t8-/m1/s1. The summed E-state index contributed by atoms with van der Waals surface area (Å²) < 4.78 is 4.79. The van der Waals surface area contributed by atoms with Crippen LogP contribution in [0.15, 0.2) is 24.3 Å². The van der Waals surface area contributed by atoms with E-state index in [1.165, 1.54) is 6.92 Å². The van der Waals surface area contributed by atoms with E-state index >= 15 is 0 Å². The zero-order valence-electron chi connectivity index (χ0n) is 8.51. The number of carbonyl (C=O) groups excluding carboxylic acids is 1. The lowest BCUT2D eigenvalue weighted by Crippen LogP contribution is -2.20. The molecule has 1 aromatic carbocycles. The van der Waals surface area contributed by atoms with Gasteiger partial charge in [-0.15, -0.1) is 0 Å². The van der Waals surface area contributed by atoms with E-state index in [1.807, 2.05) is 0 Å². The number of phenols is 1. The van der Waals surface area contributed by atoms with Crippen molar-refractivity contribution in [3.8, 4) is 5.75 Å². The predicted octanol–water partition coefficient (Wildman–Crippen LogP) is 0.859. The van der Waals surface area contributed by atoms with Gasteiger partial charge in [0.25, 0.3) is 0 Å². The Labute approximate surface area is 88.1 Å². The van der Waals surface area contributed by atoms with Crippen LogP contribution in [-0.2, 0) is 16.0 Å². The van der Waals surface area contributed by atoms with E-state index < -0.39 is 12.1 Å². The average molecular weight is 210 g/mol. The molecular weight excluding hydrogens is 196 g/mol. The molecule has 0 aromatic heterocycles. The Hall–Kier alpha value is -1.55. The molecule has 0 saturated heterocycles. The Morgan fingerprint density at radius 1 is 1.40 bits per heavy atom. The number of aliphatic hydroxyl groups is 1. The first kappa shape index (κ1) is 11.5. The highest BCUT2D eigenvalue weighted by Gasteiger charge is 2.09. The maximum absolute atomic E-state index is 10.9. The van der Waals surface area contributed by atoms with Crippen molar-refractivity contribution in [1.82, 2.24) is 0 Å². The van der Waals surface area contributed by atoms with E-state index in [1.54, 1.807) is 24.3 Å². The summed E-state index contributed by atoms with van der Waals surface area (Å²) in [4.78, 5) is 10.9. The molecule has 0 unspecified atom stereocenters. The first-order valence-corrected chi connectivity index (χ1v) is 4.72. The molecule has 1 rings (SSSR count). The van der Waals surface area contributed by atoms with Gasteiger partial charge in [0.15, 0.2) is 0 Å². The summed E-state index contributed by atoms with van der Waals surface area (Å²) in [6.45, 7) is 1.59. The number of ether oxygens (including phenoxy) is 1. The third kappa shape index (κ3) is 3.99. The van der Waals surface area contributed by atoms with Crippen LogP contribution in [0.2, 0.25) is 0 Å². The minimum atomic E-state index is -1.08. The molecule has 0 aliphatic heterocycles. The first-order chi connectivity index (χ1) is 7.09. The van der Waals surface area contributed by atoms with Crippen LogP contribution in [0.3, 0.4) is 0 Å². The average Bonchev–Trinajstić information content (AvgIpc) is 2.20. The molecule has 0 bridgehead atoms. The Bertz CT molecular complexity index is 316. The number of aliphatic hydroxyl groups excluding tert-OH is 1. The molecule has 0 aliphatic carbocycles. The number of rotatable bonds is 4. The van der Waals surface area contributed by atoms with Crippen molar-refractivity contribution in [2.24, 2.45) is 0 Å². The minimum absolute atomic E-state index is 0.208. The van der Waals surface area contributed by atoms with Crippen LogP contribution in [0.1, 0.15) is 12.5 Å². The van der Waals surface area contributed by atoms with Gasteiger partial charge >= 0.3 is 5.97 Å². The van der Waals surface area contributed by atoms with Gasteiger partial charge in [-0.3, -0.25) is 0 Å². The van der Waals surface area contributed by atoms with Gasteiger partial charge in [0.05, 0.1) is 6.61 Å². The molecule has 15 heavy (non-hydrogen) atoms. The molecule has 0 radical (unpaired) electrons. The largest absolute Gasteiger partial charge is 0.508 e. The third-order valence-corrected chi connectivity index (χ3v) is 1.91. The highest BCUT2D eigenvalue weighted by molar-refractivity contribution is 5.73. The Balaban J connectivity index is 2.32. The number of esters is 1. The first-order valence-electron chi connectivity index (χ1n) is 4.72. The minimum Gasteiger partial charge on any atom is -0.508 e. The summed E-state index contributed by atoms with van der Waals surface area (Å²) in [5, 5.41) is 17.9. The van der Waals surface area contributed by atoms with Gasteiger partial charge < -0.3 is 14.9 Å². The molecule has 1 aromatic rings. The highest BCUT2D eigenvalue weighted by Crippen LogP contribution is 2.09. The smallest absolute Gasteiger partial charge is 0.334 e. The molecule has 0 aliphatic rings. The van der Waals surface area contributed by atoms with Crippen LogP contribution < -0.4 is 0 Å². The van der Waals surface area contributed by atoms with Crippen molar-refractivity contribution in [3.05, 3.63) is 29.8 Å². The maximum Gasteiger partial charge on any atom is 0.334 e. The van der Waals surface area contributed by atoms with Crippen molar-refractivity contribution in [3.63, 3.8) is 0 Å². The fourth-order valence-electron chi connectivity index (χ4n) is 1.05. The van der Waals surface area contributed by atoms with Crippen molar-refractivity contribution >= 4 is 5.97 Å². The molecule has 82 valence electrons. The van der Waals surface area contributed by atoms with Gasteiger partial charge in [-0.2, -0.15) is 0 Å². The quantitative estimate of drug-likeness (QED) is 0.723. The van der Waals surface area contributed by atoms with Crippen LogP contribution >= 0.6 is 0 Å². The number of phenolic OH excluding ortho intramolecular Hbond substituents is 1. The van der Waals surface area contributed by atoms with E-state index in [0.29, 0.717) is 6.42 Å². The molecular formula is C11H14O4. The zero-order chi connectivity index (χ0) is 11.3. The fraction of sp³-hybridized carbons (Fsp3) is 0.364. The van der Waals surface area contributed by atoms with Crippen molar-refractivity contribution < 1.29 is 19.7 Å². The molecule has 0 spiro atoms. The van der Waals surface area contributed by atoms with Crippen LogP contribution in [0.25, 0.3) is 0 Å². The lowest BCUT2D eigenvalue weighted by Gasteiger charge is -2.06. The number of hydrogen-bond acceptors (Lipinski definition) is 4. The van der Waals surface area contributed by atoms with Crippen molar-refractivity contribution in [2.75, 3.05) is 6.61 Å². The summed E-state index contributed by atoms with van der Waals surface area (Å²) in [6, 6.07) is 6.66. The molecule has 0 heterocycles. The normalized spacial score (nSPS) is 12.1. The second-order valence-electron chi connectivity index (χ2n) is 3.26. The Morgan fingerprint density at radius 2 is 2.00 bits per heavy atom. The van der Waals surface area contributed by atoms with Crippen LogP contribution in [0.4, 0.5) is 0 Å². The van der Waals surface area contributed by atoms with Gasteiger partial charge in [0, 0.05) is 6.42 Å². The molecule has 0 amide bonds. The van der Waals surface area contributed by atoms with Gasteiger partial charge in [-0.05, 0) is 24.6 Å². The van der Waals surface area contributed by atoms with Gasteiger partial charge in [-0.25, -0.2) is 4.79 Å². The summed E-state index contributed by atoms with van der Waals surface area (Å²) in [6.07, 6.45) is -0.511. The van der Waals surface area contributed by atoms with E-state index in [4.69, 9.17) is 14.9 Å². The molecule has 0 saturated carbocycles. The van der Waals surface area contributed by atoms with Crippen molar-refractivity contribution in [2.45, 2.75) is 19.4 Å². The predicted molar refractivity (Wildman–Crippen MR) is 54.5 cm³/mol. The second kappa shape index (κ2) is 5.36. The molecule has 0 fully saturated rings. The van der Waals surface area contributed by atoms with Crippen molar-refractivity contribution in [1.29, 1.82) is 0 Å². The van der Waals surface area contributed by atoms with E-state index in [9.17, 15) is 4.79 Å². The molecule has 1 atom stereocenters. The van der Waals surface area contributed by atoms with Crippen LogP contribution in [0, 0.1) is 0 Å². The Kier molecular flexibility index (Phi) is 4.12. The summed E-state index contributed by atoms with van der Waals surface area (Å²) >= 11 is 0. The number of hydrogen-bond donors (Lipinski definition) is 2. The summed E-state index contributed by atoms with van der Waals surface area (Å²) in [7, 11) is 0. The lowest BCUT2D eigenvalue weighted by atomic mass is 10.1. The molecule has 4 heteroatoms. The SMILES string of the molecule is C[C@@H](O)C(=O)OCCc1ccc(O)cc1. The van der Waals surface area contributed by atoms with Gasteiger partial charge in [0.1, 0.15) is 11.9 Å². The summed E-state index contributed by atoms with van der Waals surface area (Å²) in [5.74, 6) is -0.409. The van der Waals surface area contributed by atoms with E-state index in [-0.39, 0.29) is 12.4 Å². The zero-order valence-corrected chi connectivity index (χ0v) is 8.51. The fourth-order valence-corrected chi connectivity index (χ4v) is 1.05. The number of aromatic hydroxyl groups is 1. The van der Waals surface area contributed by atoms with E-state index in [2.05, 4.69) is 0 Å². The highest BCUT2D eigenvalue weighted by atomic mass is 16.5. The van der Waals surface area contributed by atoms with Gasteiger partial charge in [-0.1, -0.05) is 12.1 Å². The summed E-state index contributed by atoms with van der Waals surface area (Å²) in [5.41, 5.74) is 0.964. The van der Waals surface area contributed by atoms with Gasteiger partial charge in [0.2, 0.25) is 0 Å². The van der Waals surface area contributed by atoms with Crippen LogP contribution in [-0.4, -0.2) is 28.9 Å². The Morgan fingerprint density at radius 3 is 2.53 bits per heavy atom. The lowest BCUT2D eigenvalue weighted by molar-refractivity contribution is -0.152.